The smallest absolute Gasteiger partial charge is 0.208 e. The molecule has 0 radical (unpaired) electrons. The number of anilines is 3. The van der Waals surface area contributed by atoms with Gasteiger partial charge in [-0.2, -0.15) is 5.10 Å². The van der Waals surface area contributed by atoms with Gasteiger partial charge in [0.15, 0.2) is 0 Å². The van der Waals surface area contributed by atoms with Crippen LogP contribution in [0, 0.1) is 24.5 Å². The summed E-state index contributed by atoms with van der Waals surface area (Å²) < 4.78 is 29.5. The van der Waals surface area contributed by atoms with Gasteiger partial charge in [0, 0.05) is 80.6 Å². The van der Waals surface area contributed by atoms with E-state index in [-0.39, 0.29) is 0 Å². The standard InChI is InChI=1S/C38H44F2N8/c1-25-7-5-6-8-36-33(23-41-45(36)4)35-19-29(17-26(2)42-35)27(3)43-38-44-34-10-9-28(18-37(34)48(38)24-25)11-12-46-13-15-47(16-14-46)32-21-30(39)20-31(40)22-32/h9-10,17-23,25H,3,5-8,11-16,24H2,1-2,4H3,(H,43,44)/t25-/m1/s1. The molecule has 0 spiro atoms. The lowest BCUT2D eigenvalue weighted by Gasteiger charge is -2.36. The highest BCUT2D eigenvalue weighted by atomic mass is 19.1. The minimum absolute atomic E-state index is 0.462. The van der Waals surface area contributed by atoms with E-state index in [1.807, 2.05) is 30.9 Å². The van der Waals surface area contributed by atoms with Crippen molar-refractivity contribution in [2.45, 2.75) is 46.0 Å². The number of aliphatic imine (C=N–C) groups is 1. The molecule has 8 nitrogen and oxygen atoms in total. The van der Waals surface area contributed by atoms with Crippen molar-refractivity contribution < 1.29 is 8.78 Å². The minimum atomic E-state index is -0.533. The number of aryl methyl sites for hydroxylation is 2. The number of fused-ring (bicyclic) bond motifs is 7. The Bertz CT molecular complexity index is 1840. The SMILES string of the molecule is C=C1/N=C2\Nc3ccc(CCN4CCN(c5cc(F)cc(F)c5)CC4)cc3N2C[C@H](C)CCCCc2c(cnn2C)-c2cc1cc(C)n2. The van der Waals surface area contributed by atoms with E-state index in [9.17, 15) is 8.78 Å². The quantitative estimate of drug-likeness (QED) is 0.255. The summed E-state index contributed by atoms with van der Waals surface area (Å²) in [5.41, 5.74) is 9.85. The molecule has 1 fully saturated rings. The molecule has 2 aromatic carbocycles. The second-order valence-electron chi connectivity index (χ2n) is 13.5. The minimum Gasteiger partial charge on any atom is -0.369 e. The molecule has 0 amide bonds. The topological polar surface area (TPSA) is 64.8 Å². The van der Waals surface area contributed by atoms with Crippen molar-refractivity contribution in [2.24, 2.45) is 18.0 Å². The highest BCUT2D eigenvalue weighted by molar-refractivity contribution is 6.16. The fourth-order valence-electron chi connectivity index (χ4n) is 7.20. The van der Waals surface area contributed by atoms with E-state index in [4.69, 9.17) is 9.98 Å². The predicted molar refractivity (Wildman–Crippen MR) is 190 cm³/mol. The monoisotopic (exact) mass is 650 g/mol. The molecule has 3 aliphatic heterocycles. The Kier molecular flexibility index (Phi) is 9.00. The third-order valence-electron chi connectivity index (χ3n) is 9.88. The normalized spacial score (nSPS) is 19.8. The molecule has 2 aromatic heterocycles. The van der Waals surface area contributed by atoms with Crippen LogP contribution in [0.3, 0.4) is 0 Å². The maximum absolute atomic E-state index is 13.8. The Morgan fingerprint density at radius 1 is 0.979 bits per heavy atom. The van der Waals surface area contributed by atoms with Gasteiger partial charge in [0.05, 0.1) is 29.0 Å². The van der Waals surface area contributed by atoms with Crippen LogP contribution >= 0.6 is 0 Å². The molecule has 0 unspecified atom stereocenters. The van der Waals surface area contributed by atoms with Crippen LogP contribution in [0.15, 0.2) is 66.3 Å². The van der Waals surface area contributed by atoms with Gasteiger partial charge in [-0.25, -0.2) is 13.8 Å². The molecule has 250 valence electrons. The molecule has 5 heterocycles. The summed E-state index contributed by atoms with van der Waals surface area (Å²) in [6, 6.07) is 14.6. The van der Waals surface area contributed by atoms with Gasteiger partial charge in [-0.1, -0.05) is 26.0 Å². The number of halogens is 2. The zero-order valence-corrected chi connectivity index (χ0v) is 28.1. The number of nitrogens with one attached hydrogen (secondary N) is 1. The lowest BCUT2D eigenvalue weighted by Crippen LogP contribution is -2.47. The molecule has 2 bridgehead atoms. The van der Waals surface area contributed by atoms with Crippen molar-refractivity contribution in [3.8, 4) is 11.3 Å². The number of piperazine rings is 1. The van der Waals surface area contributed by atoms with Gasteiger partial charge in [0.1, 0.15) is 11.6 Å². The summed E-state index contributed by atoms with van der Waals surface area (Å²) >= 11 is 0. The molecule has 48 heavy (non-hydrogen) atoms. The van der Waals surface area contributed by atoms with Gasteiger partial charge in [-0.15, -0.1) is 0 Å². The molecule has 10 heteroatoms. The molecule has 1 saturated heterocycles. The molecular formula is C38H44F2N8. The molecule has 7 rings (SSSR count). The fourth-order valence-corrected chi connectivity index (χ4v) is 7.20. The van der Waals surface area contributed by atoms with Crippen LogP contribution < -0.4 is 15.1 Å². The van der Waals surface area contributed by atoms with E-state index in [1.54, 1.807) is 0 Å². The lowest BCUT2D eigenvalue weighted by atomic mass is 10.00. The number of nitrogens with zero attached hydrogens (tertiary/aromatic N) is 7. The zero-order valence-electron chi connectivity index (χ0n) is 28.1. The molecular weight excluding hydrogens is 606 g/mol. The van der Waals surface area contributed by atoms with Gasteiger partial charge in [-0.3, -0.25) is 14.6 Å². The van der Waals surface area contributed by atoms with Crippen molar-refractivity contribution in [3.05, 3.63) is 95.5 Å². The molecule has 3 aliphatic rings. The number of benzene rings is 2. The molecule has 4 aromatic rings. The first-order valence-corrected chi connectivity index (χ1v) is 17.1. The second kappa shape index (κ2) is 13.5. The lowest BCUT2D eigenvalue weighted by molar-refractivity contribution is 0.261. The van der Waals surface area contributed by atoms with Crippen LogP contribution in [0.1, 0.15) is 48.7 Å². The first kappa shape index (κ1) is 32.0. The van der Waals surface area contributed by atoms with Crippen LogP contribution in [0.2, 0.25) is 0 Å². The Balaban J connectivity index is 1.09. The van der Waals surface area contributed by atoms with Crippen molar-refractivity contribution in [3.63, 3.8) is 0 Å². The van der Waals surface area contributed by atoms with E-state index in [0.717, 1.165) is 117 Å². The number of hydrogen-bond acceptors (Lipinski definition) is 7. The summed E-state index contributed by atoms with van der Waals surface area (Å²) in [6.45, 7) is 13.7. The van der Waals surface area contributed by atoms with Gasteiger partial charge in [-0.05, 0) is 80.5 Å². The van der Waals surface area contributed by atoms with E-state index >= 15 is 0 Å². The summed E-state index contributed by atoms with van der Waals surface area (Å²) in [4.78, 5) is 16.8. The fraction of sp³-hybridized carbons (Fsp3) is 0.395. The summed E-state index contributed by atoms with van der Waals surface area (Å²) in [6.07, 6.45) is 7.15. The highest BCUT2D eigenvalue weighted by Crippen LogP contribution is 2.36. The van der Waals surface area contributed by atoms with E-state index < -0.39 is 11.6 Å². The molecule has 1 N–H and O–H groups in total. The third kappa shape index (κ3) is 6.85. The van der Waals surface area contributed by atoms with Crippen molar-refractivity contribution in [1.29, 1.82) is 0 Å². The Morgan fingerprint density at radius 3 is 2.56 bits per heavy atom. The number of pyridine rings is 1. The van der Waals surface area contributed by atoms with Crippen LogP contribution in [0.25, 0.3) is 17.0 Å². The van der Waals surface area contributed by atoms with E-state index in [0.29, 0.717) is 17.3 Å². The highest BCUT2D eigenvalue weighted by Gasteiger charge is 2.28. The Morgan fingerprint density at radius 2 is 1.77 bits per heavy atom. The van der Waals surface area contributed by atoms with Crippen LogP contribution in [0.4, 0.5) is 25.8 Å². The average molecular weight is 651 g/mol. The maximum Gasteiger partial charge on any atom is 0.208 e. The first-order chi connectivity index (χ1) is 23.2. The second-order valence-corrected chi connectivity index (χ2v) is 13.5. The number of guanidine groups is 1. The summed E-state index contributed by atoms with van der Waals surface area (Å²) in [7, 11) is 2.02. The van der Waals surface area contributed by atoms with Crippen LogP contribution in [-0.4, -0.2) is 64.9 Å². The van der Waals surface area contributed by atoms with Crippen molar-refractivity contribution in [2.75, 3.05) is 54.4 Å². The molecule has 0 aliphatic carbocycles. The molecule has 0 saturated carbocycles. The van der Waals surface area contributed by atoms with E-state index in [1.165, 1.54) is 23.4 Å². The number of hydrogen-bond donors (Lipinski definition) is 1. The number of aromatic nitrogens is 3. The largest absolute Gasteiger partial charge is 0.369 e. The average Bonchev–Trinajstić information content (AvgIpc) is 3.59. The van der Waals surface area contributed by atoms with Crippen LogP contribution in [-0.2, 0) is 19.9 Å². The van der Waals surface area contributed by atoms with Crippen LogP contribution in [0.5, 0.6) is 0 Å². The van der Waals surface area contributed by atoms with Gasteiger partial charge < -0.3 is 15.1 Å². The molecule has 1 atom stereocenters. The summed E-state index contributed by atoms with van der Waals surface area (Å²) in [5, 5.41) is 8.17. The van der Waals surface area contributed by atoms with Gasteiger partial charge >= 0.3 is 0 Å². The summed E-state index contributed by atoms with van der Waals surface area (Å²) in [5.74, 6) is 0.199. The Hall–Kier alpha value is -4.57. The maximum atomic E-state index is 13.8. The first-order valence-electron chi connectivity index (χ1n) is 17.1. The van der Waals surface area contributed by atoms with Gasteiger partial charge in [0.25, 0.3) is 0 Å². The van der Waals surface area contributed by atoms with Gasteiger partial charge in [0.2, 0.25) is 5.96 Å². The van der Waals surface area contributed by atoms with Crippen molar-refractivity contribution >= 4 is 28.7 Å². The Labute approximate surface area is 281 Å². The zero-order chi connectivity index (χ0) is 33.4. The van der Waals surface area contributed by atoms with E-state index in [2.05, 4.69) is 62.9 Å². The predicted octanol–water partition coefficient (Wildman–Crippen LogP) is 7.05. The van der Waals surface area contributed by atoms with Crippen molar-refractivity contribution in [1.82, 2.24) is 19.7 Å². The third-order valence-corrected chi connectivity index (χ3v) is 9.88. The number of rotatable bonds is 4.